The van der Waals surface area contributed by atoms with E-state index in [0.717, 1.165) is 0 Å². The van der Waals surface area contributed by atoms with Gasteiger partial charge in [-0.2, -0.15) is 0 Å². The number of hydrogen-bond donors (Lipinski definition) is 0. The minimum absolute atomic E-state index is 0.00794. The number of ether oxygens (including phenoxy) is 2. The maximum absolute atomic E-state index is 11.7. The topological polar surface area (TPSA) is 92.7 Å². The first-order valence-corrected chi connectivity index (χ1v) is 6.41. The lowest BCUT2D eigenvalue weighted by atomic mass is 9.89. The molecule has 1 aromatic carbocycles. The maximum Gasteiger partial charge on any atom is 0.314 e. The molecule has 1 unspecified atom stereocenters. The van der Waals surface area contributed by atoms with Gasteiger partial charge in [-0.25, -0.2) is 0 Å². The van der Waals surface area contributed by atoms with E-state index in [1.165, 1.54) is 31.4 Å². The quantitative estimate of drug-likeness (QED) is 0.415. The number of carbonyl (C=O) groups is 3. The van der Waals surface area contributed by atoms with Crippen LogP contribution in [0.2, 0.25) is 0 Å². The van der Waals surface area contributed by atoms with E-state index < -0.39 is 17.2 Å². The molecule has 6 nitrogen and oxygen atoms in total. The molecule has 0 aliphatic heterocycles. The number of methoxy groups -OCH3 is 1. The second-order valence-corrected chi connectivity index (χ2v) is 4.84. The first-order chi connectivity index (χ1) is 9.84. The van der Waals surface area contributed by atoms with Crippen molar-refractivity contribution in [1.82, 2.24) is 0 Å². The second kappa shape index (κ2) is 6.88. The highest BCUT2D eigenvalue weighted by molar-refractivity contribution is 6.38. The molecule has 0 amide bonds. The Hall–Kier alpha value is -2.37. The molecule has 6 heteroatoms. The normalized spacial score (nSPS) is 13.1. The number of ketones is 1. The number of carbonyl (C=O) groups excluding carboxylic acids is 3. The largest absolute Gasteiger partial charge is 0.541 e. The van der Waals surface area contributed by atoms with Crippen molar-refractivity contribution in [3.05, 3.63) is 29.8 Å². The molecule has 0 fully saturated rings. The van der Waals surface area contributed by atoms with Crippen LogP contribution in [0.15, 0.2) is 24.3 Å². The van der Waals surface area contributed by atoms with Crippen molar-refractivity contribution < 1.29 is 29.0 Å². The Morgan fingerprint density at radius 1 is 1.19 bits per heavy atom. The molecule has 0 aromatic heterocycles. The Labute approximate surface area is 122 Å². The van der Waals surface area contributed by atoms with Gasteiger partial charge >= 0.3 is 5.97 Å². The Morgan fingerprint density at radius 2 is 1.76 bits per heavy atom. The molecule has 1 aromatic rings. The van der Waals surface area contributed by atoms with Crippen molar-refractivity contribution in [2.75, 3.05) is 13.7 Å². The van der Waals surface area contributed by atoms with Crippen LogP contribution in [0, 0.1) is 5.41 Å². The first kappa shape index (κ1) is 16.7. The van der Waals surface area contributed by atoms with Gasteiger partial charge in [-0.1, -0.05) is 6.92 Å². The number of rotatable bonds is 7. The van der Waals surface area contributed by atoms with Gasteiger partial charge in [-0.15, -0.1) is 0 Å². The number of esters is 1. The van der Waals surface area contributed by atoms with Gasteiger partial charge in [0.2, 0.25) is 5.78 Å². The zero-order valence-electron chi connectivity index (χ0n) is 12.2. The Kier molecular flexibility index (Phi) is 5.46. The van der Waals surface area contributed by atoms with Gasteiger partial charge in [0.1, 0.15) is 18.3 Å². The molecular weight excluding hydrogens is 276 g/mol. The fourth-order valence-corrected chi connectivity index (χ4v) is 1.61. The van der Waals surface area contributed by atoms with E-state index in [9.17, 15) is 19.5 Å². The lowest BCUT2D eigenvalue weighted by molar-refractivity contribution is -0.296. The molecular formula is C15H17O6-. The third-order valence-corrected chi connectivity index (χ3v) is 3.32. The van der Waals surface area contributed by atoms with Crippen LogP contribution < -0.4 is 9.84 Å². The van der Waals surface area contributed by atoms with Crippen LogP contribution in [0.1, 0.15) is 30.6 Å². The molecule has 0 aliphatic rings. The van der Waals surface area contributed by atoms with Crippen LogP contribution in [0.5, 0.6) is 5.75 Å². The predicted octanol–water partition coefficient (Wildman–Crippen LogP) is 0.587. The van der Waals surface area contributed by atoms with Crippen molar-refractivity contribution in [3.8, 4) is 5.75 Å². The van der Waals surface area contributed by atoms with Crippen molar-refractivity contribution in [2.45, 2.75) is 20.3 Å². The lowest BCUT2D eigenvalue weighted by Gasteiger charge is -2.25. The van der Waals surface area contributed by atoms with Gasteiger partial charge in [-0.3, -0.25) is 9.59 Å². The molecule has 0 saturated carbocycles. The number of hydrogen-bond acceptors (Lipinski definition) is 6. The highest BCUT2D eigenvalue weighted by Crippen LogP contribution is 2.25. The minimum atomic E-state index is -1.76. The van der Waals surface area contributed by atoms with Crippen LogP contribution >= 0.6 is 0 Å². The fourth-order valence-electron chi connectivity index (χ4n) is 1.61. The number of benzene rings is 1. The van der Waals surface area contributed by atoms with Gasteiger partial charge in [0.25, 0.3) is 0 Å². The summed E-state index contributed by atoms with van der Waals surface area (Å²) in [7, 11) is 1.32. The summed E-state index contributed by atoms with van der Waals surface area (Å²) in [6.45, 7) is 3.69. The first-order valence-electron chi connectivity index (χ1n) is 6.41. The molecule has 1 rings (SSSR count). The highest BCUT2D eigenvalue weighted by atomic mass is 16.5. The zero-order chi connectivity index (χ0) is 16.0. The highest BCUT2D eigenvalue weighted by Gasteiger charge is 2.33. The van der Waals surface area contributed by atoms with E-state index in [1.54, 1.807) is 6.92 Å². The third-order valence-electron chi connectivity index (χ3n) is 3.32. The molecule has 0 spiro atoms. The van der Waals surface area contributed by atoms with Gasteiger partial charge in [-0.05, 0) is 37.6 Å². The second-order valence-electron chi connectivity index (χ2n) is 4.84. The molecule has 0 radical (unpaired) electrons. The Balaban J connectivity index is 2.74. The van der Waals surface area contributed by atoms with E-state index in [0.29, 0.717) is 12.2 Å². The Morgan fingerprint density at radius 3 is 2.19 bits per heavy atom. The van der Waals surface area contributed by atoms with Crippen LogP contribution in [0.25, 0.3) is 0 Å². The van der Waals surface area contributed by atoms with E-state index in [2.05, 4.69) is 0 Å². The standard InChI is InChI=1S/C15H18O6/c1-4-15(2,14(19)20-3)9-21-11-7-5-10(6-8-11)12(16)13(17)18/h5-8H,4,9H2,1-3H3,(H,17,18)/p-1. The summed E-state index contributed by atoms with van der Waals surface area (Å²) in [6.07, 6.45) is 0.543. The SMILES string of the molecule is CCC(C)(COc1ccc(C(=O)C(=O)[O-])cc1)C(=O)OC. The lowest BCUT2D eigenvalue weighted by Crippen LogP contribution is -2.34. The summed E-state index contributed by atoms with van der Waals surface area (Å²) in [6, 6.07) is 5.58. The van der Waals surface area contributed by atoms with Crippen molar-refractivity contribution in [1.29, 1.82) is 0 Å². The van der Waals surface area contributed by atoms with E-state index in [4.69, 9.17) is 9.47 Å². The van der Waals surface area contributed by atoms with Crippen molar-refractivity contribution >= 4 is 17.7 Å². The van der Waals surface area contributed by atoms with Crippen LogP contribution in [-0.2, 0) is 14.3 Å². The van der Waals surface area contributed by atoms with Crippen LogP contribution in [0.3, 0.4) is 0 Å². The third kappa shape index (κ3) is 4.05. The summed E-state index contributed by atoms with van der Waals surface area (Å²) >= 11 is 0. The van der Waals surface area contributed by atoms with Crippen molar-refractivity contribution in [3.63, 3.8) is 0 Å². The molecule has 0 bridgehead atoms. The molecule has 0 aliphatic carbocycles. The molecule has 21 heavy (non-hydrogen) atoms. The maximum atomic E-state index is 11.7. The molecule has 1 atom stereocenters. The monoisotopic (exact) mass is 293 g/mol. The summed E-state index contributed by atoms with van der Waals surface area (Å²) in [4.78, 5) is 33.3. The van der Waals surface area contributed by atoms with E-state index in [1.807, 2.05) is 6.92 Å². The van der Waals surface area contributed by atoms with Crippen LogP contribution in [-0.4, -0.2) is 31.4 Å². The number of Topliss-reactive ketones (excluding diaryl/α,β-unsaturated/α-hetero) is 1. The van der Waals surface area contributed by atoms with Gasteiger partial charge in [0.05, 0.1) is 12.5 Å². The summed E-state index contributed by atoms with van der Waals surface area (Å²) in [5.41, 5.74) is -0.762. The predicted molar refractivity (Wildman–Crippen MR) is 71.7 cm³/mol. The molecule has 0 heterocycles. The van der Waals surface area contributed by atoms with Gasteiger partial charge < -0.3 is 19.4 Å². The Bertz CT molecular complexity index is 534. The molecule has 0 saturated heterocycles. The van der Waals surface area contributed by atoms with Gasteiger partial charge in [0.15, 0.2) is 0 Å². The van der Waals surface area contributed by atoms with E-state index >= 15 is 0 Å². The van der Waals surface area contributed by atoms with E-state index in [-0.39, 0.29) is 18.1 Å². The van der Waals surface area contributed by atoms with Crippen LogP contribution in [0.4, 0.5) is 0 Å². The number of carboxylic acids is 1. The average Bonchev–Trinajstić information content (AvgIpc) is 2.51. The summed E-state index contributed by atoms with van der Waals surface area (Å²) < 4.78 is 10.2. The number of carboxylic acid groups (broad SMARTS) is 1. The minimum Gasteiger partial charge on any atom is -0.541 e. The number of aliphatic carboxylic acids is 1. The molecule has 0 N–H and O–H groups in total. The fraction of sp³-hybridized carbons (Fsp3) is 0.400. The summed E-state index contributed by atoms with van der Waals surface area (Å²) in [5, 5.41) is 10.4. The smallest absolute Gasteiger partial charge is 0.314 e. The zero-order valence-corrected chi connectivity index (χ0v) is 12.2. The molecule has 114 valence electrons. The van der Waals surface area contributed by atoms with Gasteiger partial charge in [0, 0.05) is 5.56 Å². The average molecular weight is 293 g/mol. The van der Waals surface area contributed by atoms with Crippen molar-refractivity contribution in [2.24, 2.45) is 5.41 Å². The summed E-state index contributed by atoms with van der Waals surface area (Å²) in [5.74, 6) is -2.79.